The summed E-state index contributed by atoms with van der Waals surface area (Å²) in [4.78, 5) is 18.9. The Balaban J connectivity index is 1.67. The number of carbonyl (C=O) groups excluding carboxylic acids is 1. The number of thiazole rings is 1. The lowest BCUT2D eigenvalue weighted by atomic mass is 10.1. The van der Waals surface area contributed by atoms with Crippen molar-refractivity contribution >= 4 is 17.2 Å². The van der Waals surface area contributed by atoms with Crippen molar-refractivity contribution in [1.29, 1.82) is 0 Å². The van der Waals surface area contributed by atoms with E-state index in [4.69, 9.17) is 4.74 Å². The van der Waals surface area contributed by atoms with E-state index in [0.717, 1.165) is 22.6 Å². The fourth-order valence-electron chi connectivity index (χ4n) is 3.05. The Morgan fingerprint density at radius 3 is 2.13 bits per heavy atom. The van der Waals surface area contributed by atoms with Gasteiger partial charge in [0.1, 0.15) is 22.3 Å². The summed E-state index contributed by atoms with van der Waals surface area (Å²) in [5.41, 5.74) is 2.30. The lowest BCUT2D eigenvalue weighted by Crippen LogP contribution is -2.26. The molecule has 3 rings (SSSR count). The molecule has 5 nitrogen and oxygen atoms in total. The van der Waals surface area contributed by atoms with E-state index in [1.165, 1.54) is 35.6 Å². The summed E-state index contributed by atoms with van der Waals surface area (Å²) in [6, 6.07) is 12.7. The second-order valence-corrected chi connectivity index (χ2v) is 8.07. The van der Waals surface area contributed by atoms with Crippen LogP contribution in [0.25, 0.3) is 0 Å². The van der Waals surface area contributed by atoms with Gasteiger partial charge in [-0.3, -0.25) is 9.69 Å². The lowest BCUT2D eigenvalue weighted by molar-refractivity contribution is 0.0944. The third-order valence-electron chi connectivity index (χ3n) is 4.59. The van der Waals surface area contributed by atoms with Crippen molar-refractivity contribution in [2.45, 2.75) is 26.1 Å². The van der Waals surface area contributed by atoms with Crippen molar-refractivity contribution in [3.63, 3.8) is 0 Å². The van der Waals surface area contributed by atoms with Crippen molar-refractivity contribution in [1.82, 2.24) is 15.2 Å². The van der Waals surface area contributed by atoms with Crippen LogP contribution < -0.4 is 5.32 Å². The number of methoxy groups -OCH3 is 1. The molecule has 0 fully saturated rings. The topological polar surface area (TPSA) is 54.5 Å². The normalized spacial score (nSPS) is 11.1. The summed E-state index contributed by atoms with van der Waals surface area (Å²) in [7, 11) is 1.62. The number of carbonyl (C=O) groups is 1. The van der Waals surface area contributed by atoms with E-state index in [2.05, 4.69) is 15.2 Å². The summed E-state index contributed by atoms with van der Waals surface area (Å²) in [6.45, 7) is 2.76. The van der Waals surface area contributed by atoms with Gasteiger partial charge in [-0.05, 0) is 41.8 Å². The molecule has 1 aromatic heterocycles. The maximum absolute atomic E-state index is 13.3. The van der Waals surface area contributed by atoms with Crippen LogP contribution in [-0.2, 0) is 24.4 Å². The van der Waals surface area contributed by atoms with Gasteiger partial charge in [-0.25, -0.2) is 13.8 Å². The number of hydrogen-bond acceptors (Lipinski definition) is 5. The maximum Gasteiger partial charge on any atom is 0.270 e. The van der Waals surface area contributed by atoms with Crippen LogP contribution in [0.4, 0.5) is 8.78 Å². The average molecular weight is 446 g/mol. The Bertz CT molecular complexity index is 914. The minimum atomic E-state index is -0.282. The number of rotatable bonds is 11. The minimum Gasteiger partial charge on any atom is -0.385 e. The molecule has 0 atom stereocenters. The molecule has 1 heterocycles. The second kappa shape index (κ2) is 11.6. The van der Waals surface area contributed by atoms with Crippen molar-refractivity contribution in [2.75, 3.05) is 20.3 Å². The summed E-state index contributed by atoms with van der Waals surface area (Å²) >= 11 is 1.42. The van der Waals surface area contributed by atoms with Crippen LogP contribution in [0, 0.1) is 11.6 Å². The van der Waals surface area contributed by atoms with Crippen molar-refractivity contribution in [3.8, 4) is 0 Å². The van der Waals surface area contributed by atoms with Crippen LogP contribution >= 0.6 is 11.3 Å². The number of nitrogens with one attached hydrogen (secondary N) is 1. The molecule has 2 aromatic carbocycles. The first kappa shape index (κ1) is 23.0. The van der Waals surface area contributed by atoms with Crippen LogP contribution in [-0.4, -0.2) is 36.1 Å². The number of amides is 1. The zero-order valence-electron chi connectivity index (χ0n) is 17.3. The number of hydrogen-bond donors (Lipinski definition) is 1. The van der Waals surface area contributed by atoms with E-state index in [1.54, 1.807) is 36.8 Å². The molecule has 0 saturated heterocycles. The highest BCUT2D eigenvalue weighted by atomic mass is 32.1. The monoisotopic (exact) mass is 445 g/mol. The van der Waals surface area contributed by atoms with Crippen molar-refractivity contribution < 1.29 is 18.3 Å². The van der Waals surface area contributed by atoms with Gasteiger partial charge in [-0.1, -0.05) is 24.3 Å². The minimum absolute atomic E-state index is 0.206. The molecule has 0 spiro atoms. The van der Waals surface area contributed by atoms with Gasteiger partial charge in [-0.2, -0.15) is 0 Å². The highest BCUT2D eigenvalue weighted by Crippen LogP contribution is 2.18. The van der Waals surface area contributed by atoms with E-state index >= 15 is 0 Å². The van der Waals surface area contributed by atoms with Crippen molar-refractivity contribution in [3.05, 3.63) is 87.4 Å². The van der Waals surface area contributed by atoms with Crippen LogP contribution in [0.3, 0.4) is 0 Å². The quantitative estimate of drug-likeness (QED) is 0.445. The highest BCUT2D eigenvalue weighted by molar-refractivity contribution is 7.09. The number of nitrogens with zero attached hydrogens (tertiary/aromatic N) is 2. The number of halogens is 2. The summed E-state index contributed by atoms with van der Waals surface area (Å²) < 4.78 is 31.5. The number of aromatic nitrogens is 1. The molecule has 0 saturated carbocycles. The third kappa shape index (κ3) is 7.50. The molecule has 1 amide bonds. The molecule has 0 unspecified atom stereocenters. The molecule has 1 N–H and O–H groups in total. The summed E-state index contributed by atoms with van der Waals surface area (Å²) in [5.74, 6) is -0.771. The zero-order valence-corrected chi connectivity index (χ0v) is 18.1. The summed E-state index contributed by atoms with van der Waals surface area (Å²) in [6.07, 6.45) is 0.738. The molecule has 0 aliphatic carbocycles. The first-order chi connectivity index (χ1) is 15.0. The highest BCUT2D eigenvalue weighted by Gasteiger charge is 2.14. The van der Waals surface area contributed by atoms with Gasteiger partial charge in [0.05, 0.1) is 6.54 Å². The maximum atomic E-state index is 13.3. The van der Waals surface area contributed by atoms with Gasteiger partial charge in [0.15, 0.2) is 0 Å². The molecule has 3 aromatic rings. The smallest absolute Gasteiger partial charge is 0.270 e. The fraction of sp³-hybridized carbons (Fsp3) is 0.304. The van der Waals surface area contributed by atoms with Crippen LogP contribution in [0.2, 0.25) is 0 Å². The standard InChI is InChI=1S/C23H25F2N3O2S/c1-30-12-2-11-26-23(29)21-16-31-22(27-21)15-28(13-17-3-7-19(24)8-4-17)14-18-5-9-20(25)10-6-18/h3-10,16H,2,11-15H2,1H3,(H,26,29). The molecule has 8 heteroatoms. The molecule has 164 valence electrons. The van der Waals surface area contributed by atoms with E-state index in [-0.39, 0.29) is 17.5 Å². The molecule has 31 heavy (non-hydrogen) atoms. The predicted octanol–water partition coefficient (Wildman–Crippen LogP) is 4.39. The second-order valence-electron chi connectivity index (χ2n) is 7.13. The first-order valence-corrected chi connectivity index (χ1v) is 10.8. The lowest BCUT2D eigenvalue weighted by Gasteiger charge is -2.21. The SMILES string of the molecule is COCCCNC(=O)c1csc(CN(Cc2ccc(F)cc2)Cc2ccc(F)cc2)n1. The molecule has 0 radical (unpaired) electrons. The Hall–Kier alpha value is -2.68. The van der Waals surface area contributed by atoms with Crippen molar-refractivity contribution in [2.24, 2.45) is 0 Å². The molecular formula is C23H25F2N3O2S. The number of benzene rings is 2. The third-order valence-corrected chi connectivity index (χ3v) is 5.43. The average Bonchev–Trinajstić information content (AvgIpc) is 3.23. The van der Waals surface area contributed by atoms with Gasteiger partial charge in [0.25, 0.3) is 5.91 Å². The van der Waals surface area contributed by atoms with Gasteiger partial charge < -0.3 is 10.1 Å². The Kier molecular flexibility index (Phi) is 8.63. The fourth-order valence-corrected chi connectivity index (χ4v) is 3.87. The van der Waals surface area contributed by atoms with Crippen LogP contribution in [0.1, 0.15) is 33.0 Å². The molecule has 0 aliphatic rings. The molecule has 0 bridgehead atoms. The van der Waals surface area contributed by atoms with E-state index < -0.39 is 0 Å². The Labute approximate surface area is 184 Å². The first-order valence-electron chi connectivity index (χ1n) is 9.96. The van der Waals surface area contributed by atoms with Crippen LogP contribution in [0.5, 0.6) is 0 Å². The van der Waals surface area contributed by atoms with E-state index in [9.17, 15) is 13.6 Å². The Morgan fingerprint density at radius 2 is 1.58 bits per heavy atom. The molecular weight excluding hydrogens is 420 g/mol. The summed E-state index contributed by atoms with van der Waals surface area (Å²) in [5, 5.41) is 5.37. The van der Waals surface area contributed by atoms with Gasteiger partial charge in [-0.15, -0.1) is 11.3 Å². The zero-order chi connectivity index (χ0) is 22.1. The van der Waals surface area contributed by atoms with E-state index in [1.807, 2.05) is 0 Å². The van der Waals surface area contributed by atoms with Crippen LogP contribution in [0.15, 0.2) is 53.9 Å². The largest absolute Gasteiger partial charge is 0.385 e. The van der Waals surface area contributed by atoms with E-state index in [0.29, 0.717) is 38.5 Å². The van der Waals surface area contributed by atoms with Gasteiger partial charge >= 0.3 is 0 Å². The van der Waals surface area contributed by atoms with Gasteiger partial charge in [0, 0.05) is 38.7 Å². The van der Waals surface area contributed by atoms with Gasteiger partial charge in [0.2, 0.25) is 0 Å². The predicted molar refractivity (Wildman–Crippen MR) is 117 cm³/mol. The molecule has 0 aliphatic heterocycles. The Morgan fingerprint density at radius 1 is 1.00 bits per heavy atom. The number of ether oxygens (including phenoxy) is 1.